The molecule has 2 aromatic heterocycles. The first-order chi connectivity index (χ1) is 9.58. The molecule has 20 heavy (non-hydrogen) atoms. The molecule has 2 heterocycles. The average Bonchev–Trinajstić information content (AvgIpc) is 3.08. The van der Waals surface area contributed by atoms with Crippen molar-refractivity contribution < 1.29 is 24.2 Å². The Balaban J connectivity index is 1.89. The van der Waals surface area contributed by atoms with Crippen molar-refractivity contribution in [1.82, 2.24) is 10.3 Å². The lowest BCUT2D eigenvalue weighted by atomic mass is 10.2. The quantitative estimate of drug-likeness (QED) is 0.732. The highest BCUT2D eigenvalue weighted by molar-refractivity contribution is 7.13. The van der Waals surface area contributed by atoms with Crippen LogP contribution in [0.2, 0.25) is 0 Å². The fourth-order valence-electron chi connectivity index (χ4n) is 1.43. The topological polar surface area (TPSA) is 113 Å². The number of aliphatic hydroxyl groups is 1. The van der Waals surface area contributed by atoms with Gasteiger partial charge in [-0.2, -0.15) is 0 Å². The number of nitrogens with zero attached hydrogens (tertiary/aromatic N) is 1. The summed E-state index contributed by atoms with van der Waals surface area (Å²) in [5, 5.41) is 22.2. The van der Waals surface area contributed by atoms with Crippen molar-refractivity contribution in [1.29, 1.82) is 0 Å². The van der Waals surface area contributed by atoms with E-state index in [2.05, 4.69) is 10.3 Å². The number of furan rings is 1. The van der Waals surface area contributed by atoms with Crippen molar-refractivity contribution in [2.24, 2.45) is 0 Å². The highest BCUT2D eigenvalue weighted by atomic mass is 32.1. The summed E-state index contributed by atoms with van der Waals surface area (Å²) in [7, 11) is 0. The van der Waals surface area contributed by atoms with Gasteiger partial charge in [0.05, 0.1) is 6.26 Å². The van der Waals surface area contributed by atoms with Crippen molar-refractivity contribution in [2.75, 3.05) is 6.54 Å². The SMILES string of the molecule is O=C(NCCC(O)C(=O)O)c1csc(-c2ccco2)n1. The second-order valence-electron chi connectivity index (χ2n) is 3.91. The Bertz CT molecular complexity index is 593. The Kier molecular flexibility index (Phi) is 4.49. The van der Waals surface area contributed by atoms with Gasteiger partial charge in [0.2, 0.25) is 0 Å². The van der Waals surface area contributed by atoms with Crippen molar-refractivity contribution in [2.45, 2.75) is 12.5 Å². The Morgan fingerprint density at radius 1 is 1.50 bits per heavy atom. The predicted molar refractivity (Wildman–Crippen MR) is 70.4 cm³/mol. The zero-order chi connectivity index (χ0) is 14.5. The molecule has 2 rings (SSSR count). The number of rotatable bonds is 6. The molecule has 0 spiro atoms. The molecule has 0 saturated carbocycles. The van der Waals surface area contributed by atoms with Crippen LogP contribution in [0.3, 0.4) is 0 Å². The average molecular weight is 296 g/mol. The minimum absolute atomic E-state index is 0.0555. The summed E-state index contributed by atoms with van der Waals surface area (Å²) in [6.45, 7) is 0.0555. The minimum Gasteiger partial charge on any atom is -0.479 e. The van der Waals surface area contributed by atoms with E-state index in [0.717, 1.165) is 0 Å². The summed E-state index contributed by atoms with van der Waals surface area (Å²) in [5.74, 6) is -1.15. The van der Waals surface area contributed by atoms with Crippen LogP contribution >= 0.6 is 11.3 Å². The first-order valence-electron chi connectivity index (χ1n) is 5.76. The summed E-state index contributed by atoms with van der Waals surface area (Å²) >= 11 is 1.27. The number of carbonyl (C=O) groups is 2. The number of nitrogens with one attached hydrogen (secondary N) is 1. The molecule has 1 amide bonds. The number of carbonyl (C=O) groups excluding carboxylic acids is 1. The maximum Gasteiger partial charge on any atom is 0.332 e. The summed E-state index contributed by atoms with van der Waals surface area (Å²) in [4.78, 5) is 26.3. The highest BCUT2D eigenvalue weighted by Crippen LogP contribution is 2.23. The van der Waals surface area contributed by atoms with Crippen LogP contribution in [0.5, 0.6) is 0 Å². The van der Waals surface area contributed by atoms with Crippen molar-refractivity contribution in [3.8, 4) is 10.8 Å². The second-order valence-corrected chi connectivity index (χ2v) is 4.77. The predicted octanol–water partition coefficient (Wildman–Crippen LogP) is 0.969. The largest absolute Gasteiger partial charge is 0.479 e. The number of thiazole rings is 1. The normalized spacial score (nSPS) is 12.1. The molecule has 0 bridgehead atoms. The molecule has 7 nitrogen and oxygen atoms in total. The van der Waals surface area contributed by atoms with E-state index < -0.39 is 18.0 Å². The Hall–Kier alpha value is -2.19. The molecular formula is C12H12N2O5S. The number of carboxylic acids is 1. The fourth-order valence-corrected chi connectivity index (χ4v) is 2.19. The lowest BCUT2D eigenvalue weighted by Gasteiger charge is -2.05. The van der Waals surface area contributed by atoms with E-state index in [4.69, 9.17) is 14.6 Å². The maximum atomic E-state index is 11.8. The maximum absolute atomic E-state index is 11.8. The van der Waals surface area contributed by atoms with Gasteiger partial charge in [-0.3, -0.25) is 4.79 Å². The molecule has 0 aliphatic rings. The van der Waals surface area contributed by atoms with Crippen LogP contribution in [0, 0.1) is 0 Å². The summed E-state index contributed by atoms with van der Waals surface area (Å²) in [5.41, 5.74) is 0.228. The fraction of sp³-hybridized carbons (Fsp3) is 0.250. The third kappa shape index (κ3) is 3.43. The molecule has 8 heteroatoms. The molecule has 0 aliphatic heterocycles. The van der Waals surface area contributed by atoms with Crippen LogP contribution in [-0.4, -0.2) is 39.7 Å². The van der Waals surface area contributed by atoms with E-state index in [0.29, 0.717) is 10.8 Å². The first kappa shape index (κ1) is 14.2. The Labute approximate surface area is 117 Å². The lowest BCUT2D eigenvalue weighted by molar-refractivity contribution is -0.146. The molecule has 0 saturated heterocycles. The minimum atomic E-state index is -1.48. The van der Waals surface area contributed by atoms with Gasteiger partial charge >= 0.3 is 5.97 Å². The molecule has 1 unspecified atom stereocenters. The monoisotopic (exact) mass is 296 g/mol. The molecule has 106 valence electrons. The van der Waals surface area contributed by atoms with E-state index >= 15 is 0 Å². The van der Waals surface area contributed by atoms with E-state index in [1.807, 2.05) is 0 Å². The third-order valence-electron chi connectivity index (χ3n) is 2.46. The molecule has 0 aliphatic carbocycles. The van der Waals surface area contributed by atoms with Gasteiger partial charge in [-0.05, 0) is 12.1 Å². The standard InChI is InChI=1S/C12H12N2O5S/c15-8(12(17)18)3-4-13-10(16)7-6-20-11(14-7)9-2-1-5-19-9/h1-2,5-6,8,15H,3-4H2,(H,13,16)(H,17,18). The van der Waals surface area contributed by atoms with E-state index in [9.17, 15) is 9.59 Å². The Morgan fingerprint density at radius 3 is 2.95 bits per heavy atom. The van der Waals surface area contributed by atoms with Crippen molar-refractivity contribution in [3.63, 3.8) is 0 Å². The van der Waals surface area contributed by atoms with Crippen LogP contribution in [0.15, 0.2) is 28.2 Å². The number of carboxylic acid groups (broad SMARTS) is 1. The number of aromatic nitrogens is 1. The van der Waals surface area contributed by atoms with E-state index in [1.54, 1.807) is 17.5 Å². The number of hydrogen-bond donors (Lipinski definition) is 3. The Morgan fingerprint density at radius 2 is 2.30 bits per heavy atom. The van der Waals surface area contributed by atoms with Crippen LogP contribution in [0.4, 0.5) is 0 Å². The van der Waals surface area contributed by atoms with Gasteiger partial charge in [0.15, 0.2) is 16.9 Å². The smallest absolute Gasteiger partial charge is 0.332 e. The summed E-state index contributed by atoms with van der Waals surface area (Å²) < 4.78 is 5.17. The molecule has 0 fully saturated rings. The van der Waals surface area contributed by atoms with Gasteiger partial charge in [-0.1, -0.05) is 0 Å². The van der Waals surface area contributed by atoms with Crippen LogP contribution < -0.4 is 5.32 Å². The van der Waals surface area contributed by atoms with Crippen LogP contribution in [0.1, 0.15) is 16.9 Å². The van der Waals surface area contributed by atoms with Gasteiger partial charge in [0.25, 0.3) is 5.91 Å². The van der Waals surface area contributed by atoms with Crippen molar-refractivity contribution in [3.05, 3.63) is 29.5 Å². The number of aliphatic hydroxyl groups excluding tert-OH is 1. The number of aliphatic carboxylic acids is 1. The van der Waals surface area contributed by atoms with Gasteiger partial charge < -0.3 is 19.9 Å². The molecular weight excluding hydrogens is 284 g/mol. The third-order valence-corrected chi connectivity index (χ3v) is 3.31. The van der Waals surface area contributed by atoms with Gasteiger partial charge in [-0.15, -0.1) is 11.3 Å². The number of amides is 1. The second kappa shape index (κ2) is 6.31. The van der Waals surface area contributed by atoms with Gasteiger partial charge in [0, 0.05) is 18.3 Å². The zero-order valence-corrected chi connectivity index (χ0v) is 11.1. The van der Waals surface area contributed by atoms with Gasteiger partial charge in [-0.25, -0.2) is 9.78 Å². The first-order valence-corrected chi connectivity index (χ1v) is 6.64. The van der Waals surface area contributed by atoms with E-state index in [-0.39, 0.29) is 18.7 Å². The molecule has 0 radical (unpaired) electrons. The highest BCUT2D eigenvalue weighted by Gasteiger charge is 2.15. The molecule has 1 atom stereocenters. The number of hydrogen-bond acceptors (Lipinski definition) is 6. The zero-order valence-electron chi connectivity index (χ0n) is 10.3. The van der Waals surface area contributed by atoms with Crippen LogP contribution in [0.25, 0.3) is 10.8 Å². The molecule has 2 aromatic rings. The lowest BCUT2D eigenvalue weighted by Crippen LogP contribution is -2.30. The van der Waals surface area contributed by atoms with Gasteiger partial charge in [0.1, 0.15) is 5.69 Å². The van der Waals surface area contributed by atoms with E-state index in [1.165, 1.54) is 17.6 Å². The summed E-state index contributed by atoms with van der Waals surface area (Å²) in [6, 6.07) is 3.47. The molecule has 3 N–H and O–H groups in total. The van der Waals surface area contributed by atoms with Crippen LogP contribution in [-0.2, 0) is 4.79 Å². The summed E-state index contributed by atoms with van der Waals surface area (Å²) in [6.07, 6.45) is -0.0237. The molecule has 0 aromatic carbocycles. The van der Waals surface area contributed by atoms with Crippen molar-refractivity contribution >= 4 is 23.2 Å².